The fourth-order valence-corrected chi connectivity index (χ4v) is 2.91. The highest BCUT2D eigenvalue weighted by atomic mass is 127. The zero-order valence-electron chi connectivity index (χ0n) is 19.9. The maximum Gasteiger partial charge on any atom is 0.407 e. The number of hydrogen-bond donors (Lipinski definition) is 3. The average Bonchev–Trinajstić information content (AvgIpc) is 3.03. The molecular formula is C20H39IN8O3. The van der Waals surface area contributed by atoms with Crippen molar-refractivity contribution < 1.29 is 14.3 Å². The van der Waals surface area contributed by atoms with Gasteiger partial charge in [0.05, 0.1) is 13.2 Å². The monoisotopic (exact) mass is 566 g/mol. The van der Waals surface area contributed by atoms with Gasteiger partial charge in [-0.1, -0.05) is 0 Å². The van der Waals surface area contributed by atoms with Gasteiger partial charge in [0.1, 0.15) is 18.0 Å². The number of aliphatic imine (C=N–C) groups is 1. The molecule has 2 heterocycles. The van der Waals surface area contributed by atoms with Crippen molar-refractivity contribution in [2.45, 2.75) is 46.3 Å². The molecule has 0 bridgehead atoms. The number of amides is 1. The third-order valence-corrected chi connectivity index (χ3v) is 4.69. The number of guanidine groups is 1. The Morgan fingerprint density at radius 3 is 2.41 bits per heavy atom. The first-order valence-corrected chi connectivity index (χ1v) is 10.9. The number of carbonyl (C=O) groups is 1. The van der Waals surface area contributed by atoms with Gasteiger partial charge >= 0.3 is 6.09 Å². The maximum atomic E-state index is 11.8. The molecule has 1 aliphatic heterocycles. The van der Waals surface area contributed by atoms with Crippen LogP contribution in [0.4, 0.5) is 4.79 Å². The predicted molar refractivity (Wildman–Crippen MR) is 134 cm³/mol. The molecule has 1 saturated heterocycles. The number of rotatable bonds is 9. The second kappa shape index (κ2) is 14.5. The number of halogens is 1. The number of hydrogen-bond acceptors (Lipinski definition) is 7. The summed E-state index contributed by atoms with van der Waals surface area (Å²) in [6, 6.07) is 0. The molecule has 1 aliphatic rings. The van der Waals surface area contributed by atoms with E-state index < -0.39 is 11.7 Å². The molecule has 0 radical (unpaired) electrons. The van der Waals surface area contributed by atoms with E-state index >= 15 is 0 Å². The van der Waals surface area contributed by atoms with Crippen molar-refractivity contribution in [3.8, 4) is 0 Å². The molecule has 0 unspecified atom stereocenters. The molecule has 32 heavy (non-hydrogen) atoms. The average molecular weight is 566 g/mol. The second-order valence-electron chi connectivity index (χ2n) is 8.48. The Labute approximate surface area is 208 Å². The van der Waals surface area contributed by atoms with Gasteiger partial charge in [-0.3, -0.25) is 4.90 Å². The number of nitrogens with zero attached hydrogens (tertiary/aromatic N) is 5. The number of alkyl carbamates (subject to hydrolysis) is 1. The highest BCUT2D eigenvalue weighted by Gasteiger charge is 2.15. The lowest BCUT2D eigenvalue weighted by Gasteiger charge is -2.26. The number of aryl methyl sites for hydroxylation is 1. The lowest BCUT2D eigenvalue weighted by Crippen LogP contribution is -2.43. The summed E-state index contributed by atoms with van der Waals surface area (Å²) in [6.07, 6.45) is 0.570. The van der Waals surface area contributed by atoms with E-state index in [1.54, 1.807) is 0 Å². The third-order valence-electron chi connectivity index (χ3n) is 4.69. The van der Waals surface area contributed by atoms with Crippen LogP contribution in [0.15, 0.2) is 4.99 Å². The van der Waals surface area contributed by atoms with E-state index in [0.717, 1.165) is 57.5 Å². The quantitative estimate of drug-likeness (QED) is 0.176. The fraction of sp³-hybridized carbons (Fsp3) is 0.800. The summed E-state index contributed by atoms with van der Waals surface area (Å²) in [5.74, 6) is 2.31. The molecule has 11 nitrogen and oxygen atoms in total. The number of ether oxygens (including phenoxy) is 2. The topological polar surface area (TPSA) is 118 Å². The number of carbonyl (C=O) groups excluding carboxylic acids is 1. The number of aromatic nitrogens is 3. The van der Waals surface area contributed by atoms with Crippen molar-refractivity contribution in [2.24, 2.45) is 12.0 Å². The van der Waals surface area contributed by atoms with Crippen molar-refractivity contribution in [3.05, 3.63) is 11.6 Å². The lowest BCUT2D eigenvalue weighted by atomic mass is 10.2. The summed E-state index contributed by atoms with van der Waals surface area (Å²) in [5.41, 5.74) is -0.513. The second-order valence-corrected chi connectivity index (χ2v) is 8.48. The van der Waals surface area contributed by atoms with Crippen LogP contribution in [0.5, 0.6) is 0 Å². The molecule has 1 aromatic rings. The molecule has 3 N–H and O–H groups in total. The minimum absolute atomic E-state index is 0. The smallest absolute Gasteiger partial charge is 0.407 e. The van der Waals surface area contributed by atoms with Crippen LogP contribution < -0.4 is 16.0 Å². The molecule has 1 amide bonds. The van der Waals surface area contributed by atoms with Gasteiger partial charge in [0, 0.05) is 39.8 Å². The van der Waals surface area contributed by atoms with Crippen molar-refractivity contribution in [3.63, 3.8) is 0 Å². The van der Waals surface area contributed by atoms with E-state index in [1.165, 1.54) is 0 Å². The molecule has 2 rings (SSSR count). The summed E-state index contributed by atoms with van der Waals surface area (Å²) < 4.78 is 12.6. The van der Waals surface area contributed by atoms with Crippen molar-refractivity contribution in [2.75, 3.05) is 52.5 Å². The van der Waals surface area contributed by atoms with Crippen molar-refractivity contribution in [1.82, 2.24) is 35.6 Å². The first-order chi connectivity index (χ1) is 14.7. The van der Waals surface area contributed by atoms with E-state index in [0.29, 0.717) is 25.6 Å². The fourth-order valence-electron chi connectivity index (χ4n) is 2.91. The Morgan fingerprint density at radius 1 is 1.12 bits per heavy atom. The zero-order chi connectivity index (χ0) is 22.7. The summed E-state index contributed by atoms with van der Waals surface area (Å²) in [6.45, 7) is 14.2. The van der Waals surface area contributed by atoms with Crippen LogP contribution in [-0.2, 0) is 23.1 Å². The van der Waals surface area contributed by atoms with Crippen LogP contribution in [-0.4, -0.2) is 89.8 Å². The first kappa shape index (κ1) is 28.4. The molecule has 12 heteroatoms. The first-order valence-electron chi connectivity index (χ1n) is 10.9. The zero-order valence-corrected chi connectivity index (χ0v) is 22.3. The molecule has 1 fully saturated rings. The van der Waals surface area contributed by atoms with Gasteiger partial charge in [0.15, 0.2) is 11.8 Å². The molecule has 1 aromatic heterocycles. The van der Waals surface area contributed by atoms with Gasteiger partial charge in [0.25, 0.3) is 0 Å². The standard InChI is InChI=1S/C20H38N8O3.HI/c1-16-25-26-17(27(16)5)15-24-18(21-7-6-10-28-11-13-30-14-12-28)22-8-9-23-19(29)31-20(2,3)4;/h6-15H2,1-5H3,(H,23,29)(H2,21,22,24);1H. The minimum Gasteiger partial charge on any atom is -0.444 e. The maximum absolute atomic E-state index is 11.8. The van der Waals surface area contributed by atoms with E-state index in [9.17, 15) is 4.79 Å². The molecule has 0 atom stereocenters. The summed E-state index contributed by atoms with van der Waals surface area (Å²) in [4.78, 5) is 18.8. The van der Waals surface area contributed by atoms with Crippen molar-refractivity contribution >= 4 is 36.0 Å². The Morgan fingerprint density at radius 2 is 1.78 bits per heavy atom. The van der Waals surface area contributed by atoms with Crippen molar-refractivity contribution in [1.29, 1.82) is 0 Å². The van der Waals surface area contributed by atoms with Gasteiger partial charge in [0.2, 0.25) is 0 Å². The van der Waals surface area contributed by atoms with Crippen LogP contribution >= 0.6 is 24.0 Å². The van der Waals surface area contributed by atoms with Gasteiger partial charge in [-0.25, -0.2) is 9.79 Å². The minimum atomic E-state index is -0.513. The summed E-state index contributed by atoms with van der Waals surface area (Å²) >= 11 is 0. The van der Waals surface area contributed by atoms with Crippen LogP contribution in [0, 0.1) is 6.92 Å². The largest absolute Gasteiger partial charge is 0.444 e. The van der Waals surface area contributed by atoms with E-state index in [-0.39, 0.29) is 24.0 Å². The Balaban J connectivity index is 0.00000512. The SMILES string of the molecule is Cc1nnc(CN=C(NCCCN2CCOCC2)NCCNC(=O)OC(C)(C)C)n1C.I. The Bertz CT molecular complexity index is 714. The van der Waals surface area contributed by atoms with E-state index in [4.69, 9.17) is 9.47 Å². The summed E-state index contributed by atoms with van der Waals surface area (Å²) in [5, 5.41) is 17.6. The number of morpholine rings is 1. The van der Waals surface area contributed by atoms with Gasteiger partial charge in [-0.15, -0.1) is 34.2 Å². The molecule has 0 spiro atoms. The molecule has 0 saturated carbocycles. The predicted octanol–water partition coefficient (Wildman–Crippen LogP) is 1.02. The van der Waals surface area contributed by atoms with E-state index in [1.807, 2.05) is 39.3 Å². The Kier molecular flexibility index (Phi) is 12.8. The molecule has 0 aliphatic carbocycles. The van der Waals surface area contributed by atoms with E-state index in [2.05, 4.69) is 36.0 Å². The van der Waals surface area contributed by atoms with Gasteiger partial charge in [-0.2, -0.15) is 0 Å². The highest BCUT2D eigenvalue weighted by Crippen LogP contribution is 2.06. The normalized spacial score (nSPS) is 15.1. The van der Waals surface area contributed by atoms with Crippen LogP contribution in [0.3, 0.4) is 0 Å². The third kappa shape index (κ3) is 11.3. The molecule has 184 valence electrons. The van der Waals surface area contributed by atoms with Crippen LogP contribution in [0.1, 0.15) is 38.8 Å². The van der Waals surface area contributed by atoms with Crippen LogP contribution in [0.2, 0.25) is 0 Å². The van der Waals surface area contributed by atoms with Crippen LogP contribution in [0.25, 0.3) is 0 Å². The molecular weight excluding hydrogens is 527 g/mol. The lowest BCUT2D eigenvalue weighted by molar-refractivity contribution is 0.0376. The number of nitrogens with one attached hydrogen (secondary N) is 3. The Hall–Kier alpha value is -1.67. The van der Waals surface area contributed by atoms with Gasteiger partial charge < -0.3 is 30.0 Å². The highest BCUT2D eigenvalue weighted by molar-refractivity contribution is 14.0. The van der Waals surface area contributed by atoms with Gasteiger partial charge in [-0.05, 0) is 40.7 Å². The summed E-state index contributed by atoms with van der Waals surface area (Å²) in [7, 11) is 1.92. The molecule has 0 aromatic carbocycles.